The van der Waals surface area contributed by atoms with Crippen molar-refractivity contribution in [2.45, 2.75) is 6.92 Å². The number of hydrogen-bond acceptors (Lipinski definition) is 0. The van der Waals surface area contributed by atoms with E-state index in [1.165, 1.54) is 0 Å². The van der Waals surface area contributed by atoms with Crippen LogP contribution < -0.4 is 0 Å². The molecule has 0 saturated heterocycles. The summed E-state index contributed by atoms with van der Waals surface area (Å²) in [5.41, 5.74) is 3.95. The van der Waals surface area contributed by atoms with Crippen molar-refractivity contribution in [3.63, 3.8) is 0 Å². The van der Waals surface area contributed by atoms with Gasteiger partial charge in [-0.2, -0.15) is 0 Å². The summed E-state index contributed by atoms with van der Waals surface area (Å²) < 4.78 is 0. The second-order valence-electron chi connectivity index (χ2n) is 3.10. The van der Waals surface area contributed by atoms with E-state index in [2.05, 4.69) is 19.7 Å². The third-order valence-electron chi connectivity index (χ3n) is 2.00. The van der Waals surface area contributed by atoms with Crippen LogP contribution in [0.5, 0.6) is 0 Å². The van der Waals surface area contributed by atoms with Crippen LogP contribution in [0.4, 0.5) is 0 Å². The molecule has 0 unspecified atom stereocenters. The molecule has 0 heterocycles. The van der Waals surface area contributed by atoms with Crippen LogP contribution in [-0.2, 0) is 0 Å². The van der Waals surface area contributed by atoms with Crippen molar-refractivity contribution in [2.24, 2.45) is 0 Å². The molecule has 0 aliphatic heterocycles. The summed E-state index contributed by atoms with van der Waals surface area (Å²) in [6.07, 6.45) is 0. The maximum Gasteiger partial charge on any atom is -0.0184 e. The molecular formula is C13H14. The van der Waals surface area contributed by atoms with E-state index in [1.54, 1.807) is 0 Å². The minimum absolute atomic E-state index is 0.922. The van der Waals surface area contributed by atoms with Gasteiger partial charge in [-0.3, -0.25) is 0 Å². The van der Waals surface area contributed by atoms with Crippen molar-refractivity contribution in [3.8, 4) is 0 Å². The molecule has 0 spiro atoms. The maximum atomic E-state index is 3.99. The Morgan fingerprint density at radius 2 is 1.54 bits per heavy atom. The molecule has 66 valence electrons. The Hall–Kier alpha value is -1.56. The van der Waals surface area contributed by atoms with Gasteiger partial charge in [0.25, 0.3) is 0 Å². The molecule has 0 amide bonds. The average Bonchev–Trinajstić information content (AvgIpc) is 2.17. The molecule has 0 heteroatoms. The van der Waals surface area contributed by atoms with E-state index in [1.807, 2.05) is 37.3 Å². The van der Waals surface area contributed by atoms with Crippen LogP contribution in [0.25, 0.3) is 5.57 Å². The fraction of sp³-hybridized carbons (Fsp3) is 0.0769. The van der Waals surface area contributed by atoms with E-state index in [-0.39, 0.29) is 0 Å². The minimum Gasteiger partial charge on any atom is -0.0955 e. The third-order valence-corrected chi connectivity index (χ3v) is 2.00. The lowest BCUT2D eigenvalue weighted by Gasteiger charge is -2.08. The van der Waals surface area contributed by atoms with E-state index >= 15 is 0 Å². The molecule has 0 N–H and O–H groups in total. The van der Waals surface area contributed by atoms with E-state index in [0.29, 0.717) is 0 Å². The summed E-state index contributed by atoms with van der Waals surface area (Å²) in [4.78, 5) is 0. The highest BCUT2D eigenvalue weighted by Crippen LogP contribution is 2.23. The molecule has 1 aromatic carbocycles. The molecule has 0 aliphatic rings. The van der Waals surface area contributed by atoms with Gasteiger partial charge >= 0.3 is 0 Å². The Morgan fingerprint density at radius 1 is 1.00 bits per heavy atom. The van der Waals surface area contributed by atoms with Crippen LogP contribution in [0.2, 0.25) is 0 Å². The van der Waals surface area contributed by atoms with Gasteiger partial charge in [0.2, 0.25) is 0 Å². The topological polar surface area (TPSA) is 0 Å². The molecular weight excluding hydrogens is 156 g/mol. The highest BCUT2D eigenvalue weighted by atomic mass is 14.1. The molecule has 0 radical (unpaired) electrons. The number of rotatable bonds is 3. The van der Waals surface area contributed by atoms with Crippen molar-refractivity contribution in [2.75, 3.05) is 0 Å². The molecule has 13 heavy (non-hydrogen) atoms. The Labute approximate surface area is 79.9 Å². The number of hydrogen-bond donors (Lipinski definition) is 0. The van der Waals surface area contributed by atoms with Gasteiger partial charge in [-0.15, -0.1) is 0 Å². The van der Waals surface area contributed by atoms with Crippen LogP contribution in [0.1, 0.15) is 12.5 Å². The lowest BCUT2D eigenvalue weighted by atomic mass is 9.97. The zero-order valence-corrected chi connectivity index (χ0v) is 8.01. The van der Waals surface area contributed by atoms with Crippen LogP contribution in [0.3, 0.4) is 0 Å². The monoisotopic (exact) mass is 170 g/mol. The quantitative estimate of drug-likeness (QED) is 0.605. The largest absolute Gasteiger partial charge is 0.0955 e. The van der Waals surface area contributed by atoms with Crippen molar-refractivity contribution < 1.29 is 0 Å². The summed E-state index contributed by atoms with van der Waals surface area (Å²) >= 11 is 0. The minimum atomic E-state index is 0.922. The second kappa shape index (κ2) is 3.90. The standard InChI is InChI=1S/C13H14/c1-10(2)11(3)12(4)13-8-6-5-7-9-13/h5-9H,1,3-4H2,2H3. The highest BCUT2D eigenvalue weighted by molar-refractivity contribution is 5.80. The first-order chi connectivity index (χ1) is 6.13. The molecule has 0 saturated carbocycles. The lowest BCUT2D eigenvalue weighted by molar-refractivity contribution is 1.47. The van der Waals surface area contributed by atoms with Crippen LogP contribution in [0, 0.1) is 0 Å². The average molecular weight is 170 g/mol. The van der Waals surface area contributed by atoms with Gasteiger partial charge in [-0.05, 0) is 23.6 Å². The van der Waals surface area contributed by atoms with Crippen molar-refractivity contribution in [3.05, 3.63) is 66.8 Å². The summed E-state index contributed by atoms with van der Waals surface area (Å²) in [6, 6.07) is 10.0. The zero-order chi connectivity index (χ0) is 9.84. The first-order valence-corrected chi connectivity index (χ1v) is 4.22. The summed E-state index contributed by atoms with van der Waals surface area (Å²) in [5.74, 6) is 0. The van der Waals surface area contributed by atoms with Crippen LogP contribution >= 0.6 is 0 Å². The maximum absolute atomic E-state index is 3.99. The van der Waals surface area contributed by atoms with Gasteiger partial charge < -0.3 is 0 Å². The van der Waals surface area contributed by atoms with Crippen molar-refractivity contribution in [1.29, 1.82) is 0 Å². The number of benzene rings is 1. The lowest BCUT2D eigenvalue weighted by Crippen LogP contribution is -1.87. The summed E-state index contributed by atoms with van der Waals surface area (Å²) in [5, 5.41) is 0. The van der Waals surface area contributed by atoms with Gasteiger partial charge in [0.15, 0.2) is 0 Å². The predicted molar refractivity (Wildman–Crippen MR) is 59.4 cm³/mol. The third kappa shape index (κ3) is 2.19. The van der Waals surface area contributed by atoms with Crippen molar-refractivity contribution >= 4 is 5.57 Å². The SMILES string of the molecule is C=C(C)C(=C)C(=C)c1ccccc1. The molecule has 1 aromatic rings. The van der Waals surface area contributed by atoms with Crippen LogP contribution in [0.15, 0.2) is 61.2 Å². The van der Waals surface area contributed by atoms with E-state index < -0.39 is 0 Å². The van der Waals surface area contributed by atoms with E-state index in [4.69, 9.17) is 0 Å². The van der Waals surface area contributed by atoms with Crippen molar-refractivity contribution in [1.82, 2.24) is 0 Å². The molecule has 0 fully saturated rings. The van der Waals surface area contributed by atoms with Gasteiger partial charge in [0.05, 0.1) is 0 Å². The highest BCUT2D eigenvalue weighted by Gasteiger charge is 2.02. The summed E-state index contributed by atoms with van der Waals surface area (Å²) in [6.45, 7) is 13.7. The molecule has 0 bridgehead atoms. The number of allylic oxidation sites excluding steroid dienone is 3. The molecule has 0 aromatic heterocycles. The Bertz CT molecular complexity index is 342. The second-order valence-corrected chi connectivity index (χ2v) is 3.10. The first kappa shape index (κ1) is 9.53. The molecule has 0 atom stereocenters. The Morgan fingerprint density at radius 3 is 2.00 bits per heavy atom. The van der Waals surface area contributed by atoms with Gasteiger partial charge in [-0.1, -0.05) is 55.6 Å². The molecule has 0 aliphatic carbocycles. The zero-order valence-electron chi connectivity index (χ0n) is 8.01. The van der Waals surface area contributed by atoms with Crippen LogP contribution in [-0.4, -0.2) is 0 Å². The first-order valence-electron chi connectivity index (χ1n) is 4.22. The smallest absolute Gasteiger partial charge is 0.0184 e. The van der Waals surface area contributed by atoms with Gasteiger partial charge in [-0.25, -0.2) is 0 Å². The normalized spacial score (nSPS) is 9.31. The van der Waals surface area contributed by atoms with E-state index in [0.717, 1.165) is 22.3 Å². The fourth-order valence-corrected chi connectivity index (χ4v) is 1.07. The van der Waals surface area contributed by atoms with E-state index in [9.17, 15) is 0 Å². The Balaban J connectivity index is 2.93. The molecule has 1 rings (SSSR count). The predicted octanol–water partition coefficient (Wildman–Crippen LogP) is 3.83. The molecule has 0 nitrogen and oxygen atoms in total. The van der Waals surface area contributed by atoms with Gasteiger partial charge in [0, 0.05) is 0 Å². The van der Waals surface area contributed by atoms with Gasteiger partial charge in [0.1, 0.15) is 0 Å². The fourth-order valence-electron chi connectivity index (χ4n) is 1.07. The Kier molecular flexibility index (Phi) is 2.86. The summed E-state index contributed by atoms with van der Waals surface area (Å²) in [7, 11) is 0.